The number of unbranched alkanes of at least 4 members (excludes halogenated alkanes) is 1. The molecule has 8 nitrogen and oxygen atoms in total. The highest BCUT2D eigenvalue weighted by atomic mass is 16.6. The lowest BCUT2D eigenvalue weighted by Crippen LogP contribution is -2.55. The van der Waals surface area contributed by atoms with Crippen LogP contribution in [0, 0.1) is 23.7 Å². The average Bonchev–Trinajstić information content (AvgIpc) is 2.97. The largest absolute Gasteiger partial charge is 0.449 e. The highest BCUT2D eigenvalue weighted by Gasteiger charge is 2.36. The molecule has 240 valence electrons. The van der Waals surface area contributed by atoms with Gasteiger partial charge in [0, 0.05) is 39.0 Å². The summed E-state index contributed by atoms with van der Waals surface area (Å²) >= 11 is 0. The molecule has 0 bridgehead atoms. The number of nitrogens with zero attached hydrogens (tertiary/aromatic N) is 1. The summed E-state index contributed by atoms with van der Waals surface area (Å²) in [5, 5.41) is 2.83. The lowest BCUT2D eigenvalue weighted by molar-refractivity contribution is -0.124. The minimum Gasteiger partial charge on any atom is -0.449 e. The number of hydrogen-bond acceptors (Lipinski definition) is 5. The summed E-state index contributed by atoms with van der Waals surface area (Å²) in [5.41, 5.74) is 7.87. The van der Waals surface area contributed by atoms with Gasteiger partial charge >= 0.3 is 12.2 Å². The molecule has 0 heterocycles. The van der Waals surface area contributed by atoms with Crippen LogP contribution in [0.15, 0.2) is 78.9 Å². The van der Waals surface area contributed by atoms with E-state index in [1.807, 2.05) is 108 Å². The number of ether oxygens (including phenoxy) is 2. The molecule has 0 aliphatic heterocycles. The first kappa shape index (κ1) is 35.3. The summed E-state index contributed by atoms with van der Waals surface area (Å²) in [6, 6.07) is 24.4. The molecule has 3 rings (SSSR count). The third-order valence-corrected chi connectivity index (χ3v) is 6.61. The first-order chi connectivity index (χ1) is 21.7. The molecule has 0 aliphatic rings. The highest BCUT2D eigenvalue weighted by Crippen LogP contribution is 2.26. The van der Waals surface area contributed by atoms with Gasteiger partial charge in [0.2, 0.25) is 0 Å². The van der Waals surface area contributed by atoms with Crippen molar-refractivity contribution < 1.29 is 23.9 Å². The van der Waals surface area contributed by atoms with E-state index < -0.39 is 35.3 Å². The molecule has 3 N–H and O–H groups in total. The molecule has 0 aliphatic carbocycles. The van der Waals surface area contributed by atoms with E-state index in [2.05, 4.69) is 29.0 Å². The van der Waals surface area contributed by atoms with Crippen LogP contribution >= 0.6 is 0 Å². The molecule has 3 amide bonds. The Labute approximate surface area is 272 Å². The van der Waals surface area contributed by atoms with Gasteiger partial charge in [0.15, 0.2) is 6.10 Å². The Balaban J connectivity index is 1.72. The van der Waals surface area contributed by atoms with Crippen molar-refractivity contribution in [2.45, 2.75) is 78.0 Å². The van der Waals surface area contributed by atoms with Crippen LogP contribution in [0.2, 0.25) is 0 Å². The molecule has 8 heteroatoms. The Morgan fingerprint density at radius 2 is 1.22 bits per heavy atom. The molecule has 3 aromatic carbocycles. The molecule has 3 aromatic rings. The van der Waals surface area contributed by atoms with Crippen LogP contribution in [0.25, 0.3) is 0 Å². The zero-order valence-corrected chi connectivity index (χ0v) is 27.5. The number of nitrogens with one attached hydrogen (secondary N) is 1. The van der Waals surface area contributed by atoms with Crippen LogP contribution in [-0.4, -0.2) is 46.8 Å². The van der Waals surface area contributed by atoms with Crippen molar-refractivity contribution in [3.8, 4) is 23.7 Å². The quantitative estimate of drug-likeness (QED) is 0.206. The van der Waals surface area contributed by atoms with Crippen LogP contribution in [0.1, 0.15) is 83.1 Å². The fourth-order valence-electron chi connectivity index (χ4n) is 4.99. The maximum absolute atomic E-state index is 13.3. The lowest BCUT2D eigenvalue weighted by Gasteiger charge is -2.44. The molecular formula is C38H43N3O5. The zero-order valence-electron chi connectivity index (χ0n) is 27.5. The van der Waals surface area contributed by atoms with E-state index in [-0.39, 0.29) is 13.0 Å². The molecule has 46 heavy (non-hydrogen) atoms. The third-order valence-electron chi connectivity index (χ3n) is 6.61. The van der Waals surface area contributed by atoms with Gasteiger partial charge in [-0.1, -0.05) is 60.1 Å². The molecule has 0 aromatic heterocycles. The normalized spacial score (nSPS) is 11.5. The van der Waals surface area contributed by atoms with E-state index >= 15 is 0 Å². The molecule has 1 atom stereocenters. The number of carbonyl (C=O) groups excluding carboxylic acids is 3. The molecule has 0 saturated heterocycles. The molecule has 0 radical (unpaired) electrons. The van der Waals surface area contributed by atoms with Crippen LogP contribution in [0.5, 0.6) is 0 Å². The number of benzene rings is 3. The van der Waals surface area contributed by atoms with Crippen LogP contribution in [-0.2, 0) is 14.3 Å². The molecule has 0 saturated carbocycles. The molecule has 0 spiro atoms. The number of nitrogens with two attached hydrogens (primary N) is 1. The molecule has 0 unspecified atom stereocenters. The Kier molecular flexibility index (Phi) is 12.4. The Morgan fingerprint density at radius 3 is 1.67 bits per heavy atom. The van der Waals surface area contributed by atoms with Crippen molar-refractivity contribution >= 4 is 23.8 Å². The lowest BCUT2D eigenvalue weighted by atomic mass is 9.97. The predicted octanol–water partition coefficient (Wildman–Crippen LogP) is 7.09. The number of hydrogen-bond donors (Lipinski definition) is 2. The van der Waals surface area contributed by atoms with E-state index in [9.17, 15) is 14.4 Å². The summed E-state index contributed by atoms with van der Waals surface area (Å²) in [5.74, 6) is 12.0. The number of amides is 3. The molecular weight excluding hydrogens is 578 g/mol. The van der Waals surface area contributed by atoms with Gasteiger partial charge in [0.25, 0.3) is 5.91 Å². The van der Waals surface area contributed by atoms with Crippen molar-refractivity contribution in [3.63, 3.8) is 0 Å². The average molecular weight is 622 g/mol. The van der Waals surface area contributed by atoms with Gasteiger partial charge in [-0.05, 0) is 103 Å². The second-order valence-corrected chi connectivity index (χ2v) is 12.7. The second kappa shape index (κ2) is 16.2. The first-order valence-corrected chi connectivity index (χ1v) is 15.3. The Bertz CT molecular complexity index is 1530. The van der Waals surface area contributed by atoms with Gasteiger partial charge in [0.05, 0.1) is 6.61 Å². The summed E-state index contributed by atoms with van der Waals surface area (Å²) < 4.78 is 10.7. The number of carbonyl (C=O) groups is 3. The topological polar surface area (TPSA) is 111 Å². The SMILES string of the molecule is CC(C)(C)N(C(=O)OCCCC[C@H](OC(N)=O)C(=O)Nc1cc(C#Cc2ccccc2)cc(C#Cc2ccccc2)c1)C(C)(C)C. The Hall–Kier alpha value is -5.21. The number of rotatable bonds is 8. The summed E-state index contributed by atoms with van der Waals surface area (Å²) in [7, 11) is 0. The van der Waals surface area contributed by atoms with E-state index in [0.29, 0.717) is 29.7 Å². The van der Waals surface area contributed by atoms with E-state index in [4.69, 9.17) is 15.2 Å². The summed E-state index contributed by atoms with van der Waals surface area (Å²) in [4.78, 5) is 39.5. The number of anilines is 1. The van der Waals surface area contributed by atoms with Gasteiger partial charge < -0.3 is 20.5 Å². The van der Waals surface area contributed by atoms with E-state index in [0.717, 1.165) is 11.1 Å². The first-order valence-electron chi connectivity index (χ1n) is 15.3. The standard InChI is InChI=1S/C38H43N3O5/c1-37(2,3)41(38(4,5)6)36(44)45-24-14-13-19-33(46-35(39)43)34(42)40-32-26-30(22-20-28-15-9-7-10-16-28)25-31(27-32)23-21-29-17-11-8-12-18-29/h7-12,15-18,25-27,33H,13-14,19,24H2,1-6H3,(H2,39,43)(H,40,42)/t33-/m0/s1. The smallest absolute Gasteiger partial charge is 0.410 e. The van der Waals surface area contributed by atoms with E-state index in [1.165, 1.54) is 0 Å². The molecule has 0 fully saturated rings. The minimum absolute atomic E-state index is 0.151. The van der Waals surface area contributed by atoms with Crippen LogP contribution in [0.3, 0.4) is 0 Å². The minimum atomic E-state index is -1.15. The number of primary amides is 1. The highest BCUT2D eigenvalue weighted by molar-refractivity contribution is 5.95. The fraction of sp³-hybridized carbons (Fsp3) is 0.342. The van der Waals surface area contributed by atoms with Gasteiger partial charge in [-0.15, -0.1) is 0 Å². The maximum atomic E-state index is 13.3. The van der Waals surface area contributed by atoms with Crippen molar-refractivity contribution in [2.24, 2.45) is 5.73 Å². The van der Waals surface area contributed by atoms with Gasteiger partial charge in [-0.2, -0.15) is 0 Å². The maximum Gasteiger partial charge on any atom is 0.410 e. The zero-order chi connectivity index (χ0) is 33.7. The fourth-order valence-corrected chi connectivity index (χ4v) is 4.99. The Morgan fingerprint density at radius 1 is 0.739 bits per heavy atom. The van der Waals surface area contributed by atoms with Crippen LogP contribution in [0.4, 0.5) is 15.3 Å². The van der Waals surface area contributed by atoms with Crippen molar-refractivity contribution in [1.82, 2.24) is 4.90 Å². The van der Waals surface area contributed by atoms with E-state index in [1.54, 1.807) is 17.0 Å². The van der Waals surface area contributed by atoms with Crippen molar-refractivity contribution in [3.05, 3.63) is 101 Å². The van der Waals surface area contributed by atoms with Gasteiger partial charge in [0.1, 0.15) is 0 Å². The van der Waals surface area contributed by atoms with Crippen LogP contribution < -0.4 is 11.1 Å². The third kappa shape index (κ3) is 11.7. The van der Waals surface area contributed by atoms with Gasteiger partial charge in [-0.3, -0.25) is 9.69 Å². The van der Waals surface area contributed by atoms with Crippen molar-refractivity contribution in [2.75, 3.05) is 11.9 Å². The second-order valence-electron chi connectivity index (χ2n) is 12.7. The predicted molar refractivity (Wildman–Crippen MR) is 181 cm³/mol. The summed E-state index contributed by atoms with van der Waals surface area (Å²) in [6.45, 7) is 11.9. The summed E-state index contributed by atoms with van der Waals surface area (Å²) in [6.07, 6.45) is -1.53. The monoisotopic (exact) mass is 621 g/mol. The van der Waals surface area contributed by atoms with Gasteiger partial charge in [-0.25, -0.2) is 9.59 Å². The van der Waals surface area contributed by atoms with Crippen molar-refractivity contribution in [1.29, 1.82) is 0 Å².